The van der Waals surface area contributed by atoms with E-state index < -0.39 is 36.1 Å². The summed E-state index contributed by atoms with van der Waals surface area (Å²) in [6.07, 6.45) is -0.872. The number of amides is 2. The number of carbonyl (C=O) groups is 3. The average Bonchev–Trinajstić information content (AvgIpc) is 2.72. The lowest BCUT2D eigenvalue weighted by Crippen LogP contribution is -2.47. The molecule has 2 aromatic carbocycles. The normalized spacial score (nSPS) is 16.9. The summed E-state index contributed by atoms with van der Waals surface area (Å²) >= 11 is 0. The van der Waals surface area contributed by atoms with E-state index in [1.807, 2.05) is 0 Å². The van der Waals surface area contributed by atoms with Crippen LogP contribution in [0.2, 0.25) is 0 Å². The van der Waals surface area contributed by atoms with Crippen LogP contribution in [0.3, 0.4) is 0 Å². The summed E-state index contributed by atoms with van der Waals surface area (Å²) in [5.41, 5.74) is 0.461. The second-order valence-electron chi connectivity index (χ2n) is 6.44. The fourth-order valence-electron chi connectivity index (χ4n) is 2.77. The molecule has 1 atom stereocenters. The summed E-state index contributed by atoms with van der Waals surface area (Å²) < 4.78 is 18.8. The topological polar surface area (TPSA) is 63.7 Å². The number of benzene rings is 2. The van der Waals surface area contributed by atoms with Gasteiger partial charge >= 0.3 is 0 Å². The largest absolute Gasteiger partial charge is 0.479 e. The minimum atomic E-state index is -0.872. The molecule has 1 unspecified atom stereocenters. The van der Waals surface area contributed by atoms with Crippen molar-refractivity contribution in [1.29, 1.82) is 0 Å². The molecule has 0 radical (unpaired) electrons. The smallest absolute Gasteiger partial charge is 0.271 e. The van der Waals surface area contributed by atoms with Gasteiger partial charge in [0.1, 0.15) is 11.6 Å². The minimum absolute atomic E-state index is 0.190. The molecule has 3 rings (SSSR count). The minimum Gasteiger partial charge on any atom is -0.479 e. The number of fused-ring (bicyclic) bond motifs is 1. The maximum absolute atomic E-state index is 13.0. The molecule has 0 aliphatic carbocycles. The first-order chi connectivity index (χ1) is 12.4. The highest BCUT2D eigenvalue weighted by Gasteiger charge is 2.38. The molecule has 0 saturated heterocycles. The molecule has 0 spiro atoms. The Morgan fingerprint density at radius 1 is 1.12 bits per heavy atom. The van der Waals surface area contributed by atoms with Crippen molar-refractivity contribution >= 4 is 17.6 Å². The van der Waals surface area contributed by atoms with E-state index in [1.165, 1.54) is 12.1 Å². The molecular formula is C20H18FNO4. The van der Waals surface area contributed by atoms with Gasteiger partial charge in [-0.05, 0) is 42.3 Å². The lowest BCUT2D eigenvalue weighted by Gasteiger charge is -2.24. The number of ketones is 1. The molecule has 1 aliphatic heterocycles. The van der Waals surface area contributed by atoms with Crippen molar-refractivity contribution in [2.24, 2.45) is 5.92 Å². The van der Waals surface area contributed by atoms with E-state index in [9.17, 15) is 18.8 Å². The van der Waals surface area contributed by atoms with Gasteiger partial charge in [0, 0.05) is 5.56 Å². The second-order valence-corrected chi connectivity index (χ2v) is 6.44. The van der Waals surface area contributed by atoms with Crippen molar-refractivity contribution in [2.75, 3.05) is 6.54 Å². The standard InChI is InChI=1S/C20H18FNO4/c1-12(2)18-20(25)22(11-16(23)13-7-9-14(21)10-8-13)19(24)15-5-3-4-6-17(15)26-18/h3-10,12,18H,11H2,1-2H3. The molecule has 0 bridgehead atoms. The highest BCUT2D eigenvalue weighted by Crippen LogP contribution is 2.28. The van der Waals surface area contributed by atoms with Gasteiger partial charge in [0.05, 0.1) is 12.1 Å². The van der Waals surface area contributed by atoms with Crippen molar-refractivity contribution in [3.8, 4) is 5.75 Å². The molecule has 2 amide bonds. The Kier molecular flexibility index (Phi) is 4.84. The molecular weight excluding hydrogens is 337 g/mol. The van der Waals surface area contributed by atoms with Crippen LogP contribution in [0, 0.1) is 11.7 Å². The number of ether oxygens (including phenoxy) is 1. The van der Waals surface area contributed by atoms with E-state index in [0.717, 1.165) is 17.0 Å². The van der Waals surface area contributed by atoms with Crippen LogP contribution >= 0.6 is 0 Å². The molecule has 0 N–H and O–H groups in total. The van der Waals surface area contributed by atoms with Gasteiger partial charge in [-0.15, -0.1) is 0 Å². The molecule has 26 heavy (non-hydrogen) atoms. The third-order valence-electron chi connectivity index (χ3n) is 4.20. The van der Waals surface area contributed by atoms with Crippen molar-refractivity contribution < 1.29 is 23.5 Å². The molecule has 1 heterocycles. The molecule has 134 valence electrons. The number of imide groups is 1. The monoisotopic (exact) mass is 355 g/mol. The van der Waals surface area contributed by atoms with Crippen molar-refractivity contribution in [1.82, 2.24) is 4.90 Å². The number of nitrogens with zero attached hydrogens (tertiary/aromatic N) is 1. The van der Waals surface area contributed by atoms with Crippen LogP contribution in [-0.2, 0) is 4.79 Å². The number of rotatable bonds is 4. The Bertz CT molecular complexity index is 860. The van der Waals surface area contributed by atoms with Gasteiger partial charge in [-0.1, -0.05) is 26.0 Å². The summed E-state index contributed by atoms with van der Waals surface area (Å²) in [5, 5.41) is 0. The quantitative estimate of drug-likeness (QED) is 0.624. The zero-order valence-corrected chi connectivity index (χ0v) is 14.4. The molecule has 0 saturated carbocycles. The fourth-order valence-corrected chi connectivity index (χ4v) is 2.77. The van der Waals surface area contributed by atoms with Gasteiger partial charge in [0.2, 0.25) is 0 Å². The van der Waals surface area contributed by atoms with Crippen molar-refractivity contribution in [3.05, 3.63) is 65.5 Å². The van der Waals surface area contributed by atoms with Crippen LogP contribution in [0.15, 0.2) is 48.5 Å². The zero-order chi connectivity index (χ0) is 18.8. The Morgan fingerprint density at radius 3 is 2.42 bits per heavy atom. The number of Topliss-reactive ketones (excluding diaryl/α,β-unsaturated/α-hetero) is 1. The van der Waals surface area contributed by atoms with Crippen LogP contribution in [-0.4, -0.2) is 35.1 Å². The average molecular weight is 355 g/mol. The molecule has 6 heteroatoms. The highest BCUT2D eigenvalue weighted by atomic mass is 19.1. The van der Waals surface area contributed by atoms with Crippen LogP contribution in [0.25, 0.3) is 0 Å². The van der Waals surface area contributed by atoms with Crippen LogP contribution in [0.4, 0.5) is 4.39 Å². The molecule has 5 nitrogen and oxygen atoms in total. The van der Waals surface area contributed by atoms with Crippen LogP contribution < -0.4 is 4.74 Å². The van der Waals surface area contributed by atoms with E-state index in [-0.39, 0.29) is 17.0 Å². The molecule has 0 aromatic heterocycles. The summed E-state index contributed by atoms with van der Waals surface area (Å²) in [6.45, 7) is 3.19. The van der Waals surface area contributed by atoms with Gasteiger partial charge in [-0.3, -0.25) is 19.3 Å². The fraction of sp³-hybridized carbons (Fsp3) is 0.250. The number of carbonyl (C=O) groups excluding carboxylic acids is 3. The second kappa shape index (κ2) is 7.07. The van der Waals surface area contributed by atoms with Crippen molar-refractivity contribution in [2.45, 2.75) is 20.0 Å². The predicted octanol–water partition coefficient (Wildman–Crippen LogP) is 3.09. The van der Waals surface area contributed by atoms with Gasteiger partial charge < -0.3 is 4.74 Å². The SMILES string of the molecule is CC(C)C1Oc2ccccc2C(=O)N(CC(=O)c2ccc(F)cc2)C1=O. The molecule has 0 fully saturated rings. The van der Waals surface area contributed by atoms with Crippen LogP contribution in [0.5, 0.6) is 5.75 Å². The third-order valence-corrected chi connectivity index (χ3v) is 4.20. The first-order valence-corrected chi connectivity index (χ1v) is 8.28. The third kappa shape index (κ3) is 3.35. The summed E-state index contributed by atoms with van der Waals surface area (Å²) in [7, 11) is 0. The van der Waals surface area contributed by atoms with E-state index in [2.05, 4.69) is 0 Å². The number of hydrogen-bond donors (Lipinski definition) is 0. The lowest BCUT2D eigenvalue weighted by atomic mass is 10.1. The van der Waals surface area contributed by atoms with E-state index >= 15 is 0 Å². The lowest BCUT2D eigenvalue weighted by molar-refractivity contribution is -0.136. The van der Waals surface area contributed by atoms with Gasteiger partial charge in [-0.2, -0.15) is 0 Å². The van der Waals surface area contributed by atoms with Crippen molar-refractivity contribution in [3.63, 3.8) is 0 Å². The summed E-state index contributed by atoms with van der Waals surface area (Å²) in [6, 6.07) is 11.5. The Balaban J connectivity index is 1.95. The predicted molar refractivity (Wildman–Crippen MR) is 92.5 cm³/mol. The highest BCUT2D eigenvalue weighted by molar-refractivity contribution is 6.12. The first kappa shape index (κ1) is 17.8. The zero-order valence-electron chi connectivity index (χ0n) is 14.4. The first-order valence-electron chi connectivity index (χ1n) is 8.28. The number of hydrogen-bond acceptors (Lipinski definition) is 4. The molecule has 1 aliphatic rings. The summed E-state index contributed by atoms with van der Waals surface area (Å²) in [4.78, 5) is 39.1. The Labute approximate surface area is 150 Å². The van der Waals surface area contributed by atoms with Gasteiger partial charge in [0.25, 0.3) is 11.8 Å². The number of halogens is 1. The maximum Gasteiger partial charge on any atom is 0.271 e. The van der Waals surface area contributed by atoms with E-state index in [0.29, 0.717) is 5.75 Å². The molecule has 2 aromatic rings. The summed E-state index contributed by atoms with van der Waals surface area (Å²) in [5.74, 6) is -1.92. The van der Waals surface area contributed by atoms with Crippen LogP contribution in [0.1, 0.15) is 34.6 Å². The van der Waals surface area contributed by atoms with Gasteiger partial charge in [0.15, 0.2) is 11.9 Å². The van der Waals surface area contributed by atoms with Gasteiger partial charge in [-0.25, -0.2) is 4.39 Å². The Hall–Kier alpha value is -3.02. The Morgan fingerprint density at radius 2 is 1.77 bits per heavy atom. The number of para-hydroxylation sites is 1. The van der Waals surface area contributed by atoms with E-state index in [4.69, 9.17) is 4.74 Å². The van der Waals surface area contributed by atoms with E-state index in [1.54, 1.807) is 38.1 Å². The maximum atomic E-state index is 13.0.